The molecule has 0 aromatic rings. The fourth-order valence-electron chi connectivity index (χ4n) is 2.48. The third-order valence-corrected chi connectivity index (χ3v) is 3.41. The predicted octanol–water partition coefficient (Wildman–Crippen LogP) is 2.47. The third kappa shape index (κ3) is 7.02. The van der Waals surface area contributed by atoms with Gasteiger partial charge in [0.05, 0.1) is 12.7 Å². The molecule has 0 bridgehead atoms. The monoisotopic (exact) mass is 243 g/mol. The van der Waals surface area contributed by atoms with Gasteiger partial charge < -0.3 is 15.2 Å². The van der Waals surface area contributed by atoms with Crippen molar-refractivity contribution in [3.05, 3.63) is 0 Å². The molecule has 1 aliphatic carbocycles. The number of nitrogens with one attached hydrogen (secondary N) is 1. The molecule has 1 aliphatic rings. The number of hydrogen-bond donors (Lipinski definition) is 2. The molecule has 0 spiro atoms. The minimum absolute atomic E-state index is 0.181. The Labute approximate surface area is 106 Å². The van der Waals surface area contributed by atoms with Gasteiger partial charge in [-0.1, -0.05) is 39.5 Å². The van der Waals surface area contributed by atoms with E-state index in [-0.39, 0.29) is 12.6 Å². The molecule has 0 radical (unpaired) electrons. The van der Waals surface area contributed by atoms with Crippen LogP contribution in [0.15, 0.2) is 0 Å². The topological polar surface area (TPSA) is 41.5 Å². The van der Waals surface area contributed by atoms with Crippen LogP contribution >= 0.6 is 0 Å². The van der Waals surface area contributed by atoms with Crippen molar-refractivity contribution >= 4 is 0 Å². The molecule has 3 heteroatoms. The SMILES string of the molecule is CC(C)NC(CO)CCOC1CCCCCC1. The van der Waals surface area contributed by atoms with Gasteiger partial charge in [-0.25, -0.2) is 0 Å². The van der Waals surface area contributed by atoms with Gasteiger partial charge in [0.1, 0.15) is 0 Å². The molecule has 102 valence electrons. The van der Waals surface area contributed by atoms with E-state index >= 15 is 0 Å². The molecule has 2 N–H and O–H groups in total. The second kappa shape index (κ2) is 8.90. The van der Waals surface area contributed by atoms with Crippen LogP contribution in [-0.2, 0) is 4.74 Å². The van der Waals surface area contributed by atoms with Crippen molar-refractivity contribution in [3.63, 3.8) is 0 Å². The summed E-state index contributed by atoms with van der Waals surface area (Å²) in [6.07, 6.45) is 9.20. The predicted molar refractivity (Wildman–Crippen MR) is 71.2 cm³/mol. The fraction of sp³-hybridized carbons (Fsp3) is 1.00. The summed E-state index contributed by atoms with van der Waals surface area (Å²) < 4.78 is 5.93. The van der Waals surface area contributed by atoms with Crippen LogP contribution < -0.4 is 5.32 Å². The molecule has 0 heterocycles. The van der Waals surface area contributed by atoms with E-state index < -0.39 is 0 Å². The molecule has 0 aliphatic heterocycles. The first-order chi connectivity index (χ1) is 8.22. The maximum atomic E-state index is 9.24. The van der Waals surface area contributed by atoms with Crippen molar-refractivity contribution < 1.29 is 9.84 Å². The van der Waals surface area contributed by atoms with Gasteiger partial charge in [0.2, 0.25) is 0 Å². The summed E-state index contributed by atoms with van der Waals surface area (Å²) >= 11 is 0. The molecule has 0 aromatic heterocycles. The van der Waals surface area contributed by atoms with Crippen molar-refractivity contribution in [2.75, 3.05) is 13.2 Å². The van der Waals surface area contributed by atoms with Crippen molar-refractivity contribution in [2.24, 2.45) is 0 Å². The highest BCUT2D eigenvalue weighted by Gasteiger charge is 2.14. The van der Waals surface area contributed by atoms with E-state index in [9.17, 15) is 5.11 Å². The molecule has 0 aromatic carbocycles. The van der Waals surface area contributed by atoms with E-state index in [2.05, 4.69) is 19.2 Å². The first kappa shape index (κ1) is 14.9. The Morgan fingerprint density at radius 2 is 1.82 bits per heavy atom. The molecule has 0 saturated heterocycles. The molecule has 17 heavy (non-hydrogen) atoms. The zero-order valence-electron chi connectivity index (χ0n) is 11.5. The van der Waals surface area contributed by atoms with Crippen LogP contribution in [0, 0.1) is 0 Å². The van der Waals surface area contributed by atoms with Crippen LogP contribution in [0.3, 0.4) is 0 Å². The number of ether oxygens (including phenoxy) is 1. The quantitative estimate of drug-likeness (QED) is 0.675. The Kier molecular flexibility index (Phi) is 7.82. The van der Waals surface area contributed by atoms with Crippen molar-refractivity contribution in [1.82, 2.24) is 5.32 Å². The Balaban J connectivity index is 2.11. The summed E-state index contributed by atoms with van der Waals surface area (Å²) in [5.74, 6) is 0. The lowest BCUT2D eigenvalue weighted by molar-refractivity contribution is 0.0338. The van der Waals surface area contributed by atoms with Gasteiger partial charge >= 0.3 is 0 Å². The summed E-state index contributed by atoms with van der Waals surface area (Å²) in [7, 11) is 0. The van der Waals surface area contributed by atoms with Crippen LogP contribution in [0.2, 0.25) is 0 Å². The van der Waals surface area contributed by atoms with Gasteiger partial charge in [0, 0.05) is 18.7 Å². The van der Waals surface area contributed by atoms with Crippen LogP contribution in [0.4, 0.5) is 0 Å². The Bertz CT molecular complexity index is 175. The molecule has 1 saturated carbocycles. The van der Waals surface area contributed by atoms with Gasteiger partial charge in [0.25, 0.3) is 0 Å². The normalized spacial score (nSPS) is 20.5. The van der Waals surface area contributed by atoms with Gasteiger partial charge in [0.15, 0.2) is 0 Å². The van der Waals surface area contributed by atoms with E-state index in [0.29, 0.717) is 12.1 Å². The van der Waals surface area contributed by atoms with Crippen LogP contribution in [0.5, 0.6) is 0 Å². The van der Waals surface area contributed by atoms with Gasteiger partial charge in [-0.2, -0.15) is 0 Å². The molecule has 1 unspecified atom stereocenters. The average Bonchev–Trinajstić information content (AvgIpc) is 2.55. The molecule has 1 atom stereocenters. The summed E-state index contributed by atoms with van der Waals surface area (Å²) in [4.78, 5) is 0. The third-order valence-electron chi connectivity index (χ3n) is 3.41. The first-order valence-electron chi connectivity index (χ1n) is 7.21. The molecule has 0 amide bonds. The average molecular weight is 243 g/mol. The zero-order chi connectivity index (χ0) is 12.5. The lowest BCUT2D eigenvalue weighted by atomic mass is 10.1. The van der Waals surface area contributed by atoms with Gasteiger partial charge in [-0.05, 0) is 19.3 Å². The smallest absolute Gasteiger partial charge is 0.0585 e. The second-order valence-corrected chi connectivity index (χ2v) is 5.47. The highest BCUT2D eigenvalue weighted by molar-refractivity contribution is 4.69. The number of aliphatic hydroxyl groups excluding tert-OH is 1. The highest BCUT2D eigenvalue weighted by Crippen LogP contribution is 2.19. The molecule has 1 rings (SSSR count). The van der Waals surface area contributed by atoms with Gasteiger partial charge in [-0.15, -0.1) is 0 Å². The van der Waals surface area contributed by atoms with Crippen LogP contribution in [0.1, 0.15) is 58.8 Å². The van der Waals surface area contributed by atoms with Crippen LogP contribution in [0.25, 0.3) is 0 Å². The number of aliphatic hydroxyl groups is 1. The molecular formula is C14H29NO2. The van der Waals surface area contributed by atoms with Crippen LogP contribution in [-0.4, -0.2) is 36.5 Å². The maximum Gasteiger partial charge on any atom is 0.0585 e. The van der Waals surface area contributed by atoms with E-state index in [0.717, 1.165) is 13.0 Å². The first-order valence-corrected chi connectivity index (χ1v) is 7.21. The summed E-state index contributed by atoms with van der Waals surface area (Å²) in [6.45, 7) is 5.19. The summed E-state index contributed by atoms with van der Waals surface area (Å²) in [5.41, 5.74) is 0. The van der Waals surface area contributed by atoms with E-state index in [1.807, 2.05) is 0 Å². The molecular weight excluding hydrogens is 214 g/mol. The zero-order valence-corrected chi connectivity index (χ0v) is 11.5. The lowest BCUT2D eigenvalue weighted by Gasteiger charge is -2.21. The Morgan fingerprint density at radius 3 is 2.35 bits per heavy atom. The van der Waals surface area contributed by atoms with E-state index in [1.54, 1.807) is 0 Å². The summed E-state index contributed by atoms with van der Waals surface area (Å²) in [6, 6.07) is 0.603. The standard InChI is InChI=1S/C14H29NO2/c1-12(2)15-13(11-16)9-10-17-14-7-5-3-4-6-8-14/h12-16H,3-11H2,1-2H3. The number of rotatable bonds is 7. The largest absolute Gasteiger partial charge is 0.395 e. The van der Waals surface area contributed by atoms with Crippen molar-refractivity contribution in [2.45, 2.75) is 77.0 Å². The van der Waals surface area contributed by atoms with Gasteiger partial charge in [-0.3, -0.25) is 0 Å². The Hall–Kier alpha value is -0.120. The highest BCUT2D eigenvalue weighted by atomic mass is 16.5. The fourth-order valence-corrected chi connectivity index (χ4v) is 2.48. The minimum atomic E-state index is 0.181. The Morgan fingerprint density at radius 1 is 1.18 bits per heavy atom. The lowest BCUT2D eigenvalue weighted by Crippen LogP contribution is -2.38. The minimum Gasteiger partial charge on any atom is -0.395 e. The maximum absolute atomic E-state index is 9.24. The van der Waals surface area contributed by atoms with Crippen molar-refractivity contribution in [1.29, 1.82) is 0 Å². The number of hydrogen-bond acceptors (Lipinski definition) is 3. The molecule has 1 fully saturated rings. The second-order valence-electron chi connectivity index (χ2n) is 5.47. The van der Waals surface area contributed by atoms with E-state index in [1.165, 1.54) is 38.5 Å². The summed E-state index contributed by atoms with van der Waals surface area (Å²) in [5, 5.41) is 12.6. The van der Waals surface area contributed by atoms with E-state index in [4.69, 9.17) is 4.74 Å². The van der Waals surface area contributed by atoms with Crippen molar-refractivity contribution in [3.8, 4) is 0 Å². The molecule has 3 nitrogen and oxygen atoms in total.